The van der Waals surface area contributed by atoms with E-state index in [4.69, 9.17) is 13.9 Å². The Kier molecular flexibility index (Phi) is 4.84. The van der Waals surface area contributed by atoms with Gasteiger partial charge in [-0.25, -0.2) is 8.42 Å². The van der Waals surface area contributed by atoms with Gasteiger partial charge in [-0.1, -0.05) is 30.3 Å². The molecule has 0 saturated carbocycles. The number of aromatic nitrogens is 1. The smallest absolute Gasteiger partial charge is 0.254 e. The molecule has 2 aromatic rings. The van der Waals surface area contributed by atoms with Crippen LogP contribution >= 0.6 is 0 Å². The first-order chi connectivity index (χ1) is 10.4. The van der Waals surface area contributed by atoms with Crippen LogP contribution in [0.15, 0.2) is 34.7 Å². The third kappa shape index (κ3) is 3.29. The van der Waals surface area contributed by atoms with Crippen molar-refractivity contribution >= 4 is 15.8 Å². The molecule has 7 nitrogen and oxygen atoms in total. The maximum Gasteiger partial charge on any atom is 0.254 e. The zero-order chi connectivity index (χ0) is 16.3. The lowest BCUT2D eigenvalue weighted by molar-refractivity contribution is -0.120. The quantitative estimate of drug-likeness (QED) is 0.756. The van der Waals surface area contributed by atoms with Crippen molar-refractivity contribution in [2.45, 2.75) is 6.29 Å². The molecule has 120 valence electrons. The van der Waals surface area contributed by atoms with Gasteiger partial charge in [-0.2, -0.15) is 4.98 Å². The predicted molar refractivity (Wildman–Crippen MR) is 81.9 cm³/mol. The highest BCUT2D eigenvalue weighted by Gasteiger charge is 2.27. The van der Waals surface area contributed by atoms with Crippen LogP contribution in [-0.2, 0) is 19.5 Å². The summed E-state index contributed by atoms with van der Waals surface area (Å²) in [7, 11) is 0.822. The summed E-state index contributed by atoms with van der Waals surface area (Å²) in [5.74, 6) is 0.666. The van der Waals surface area contributed by atoms with Crippen LogP contribution in [0, 0.1) is 0 Å². The largest absolute Gasteiger partial charge is 0.433 e. The van der Waals surface area contributed by atoms with Crippen LogP contribution < -0.4 is 4.31 Å². The number of hydrogen-bond acceptors (Lipinski definition) is 6. The van der Waals surface area contributed by atoms with Gasteiger partial charge in [-0.3, -0.25) is 4.31 Å². The summed E-state index contributed by atoms with van der Waals surface area (Å²) < 4.78 is 40.6. The molecule has 0 N–H and O–H groups in total. The number of anilines is 1. The van der Waals surface area contributed by atoms with Crippen LogP contribution in [0.25, 0.3) is 11.3 Å². The second-order valence-electron chi connectivity index (χ2n) is 4.60. The number of oxazole rings is 1. The zero-order valence-electron chi connectivity index (χ0n) is 12.8. The van der Waals surface area contributed by atoms with Gasteiger partial charge < -0.3 is 13.9 Å². The van der Waals surface area contributed by atoms with E-state index >= 15 is 0 Å². The fourth-order valence-corrected chi connectivity index (χ4v) is 2.31. The van der Waals surface area contributed by atoms with Crippen LogP contribution in [0.3, 0.4) is 0 Å². The summed E-state index contributed by atoms with van der Waals surface area (Å²) in [5.41, 5.74) is 0.706. The number of nitrogens with zero attached hydrogens (tertiary/aromatic N) is 2. The van der Waals surface area contributed by atoms with Crippen molar-refractivity contribution in [3.05, 3.63) is 36.2 Å². The fraction of sp³-hybridized carbons (Fsp3) is 0.357. The van der Waals surface area contributed by atoms with Crippen molar-refractivity contribution in [2.75, 3.05) is 31.8 Å². The molecule has 0 aliphatic rings. The first-order valence-corrected chi connectivity index (χ1v) is 8.29. The SMILES string of the molecule is COC(OC)c1nc(N(C)S(C)(=O)=O)c(-c2ccccc2)o1. The molecule has 0 aliphatic carbocycles. The molecular weight excluding hydrogens is 308 g/mol. The summed E-state index contributed by atoms with van der Waals surface area (Å²) in [6.07, 6.45) is 0.282. The molecule has 0 radical (unpaired) electrons. The Hall–Kier alpha value is -1.90. The molecular formula is C14H18N2O5S. The van der Waals surface area contributed by atoms with Crippen molar-refractivity contribution in [1.82, 2.24) is 4.98 Å². The van der Waals surface area contributed by atoms with Gasteiger partial charge in [0, 0.05) is 26.8 Å². The summed E-state index contributed by atoms with van der Waals surface area (Å²) in [4.78, 5) is 4.23. The molecule has 22 heavy (non-hydrogen) atoms. The Balaban J connectivity index is 2.60. The summed E-state index contributed by atoms with van der Waals surface area (Å²) in [6, 6.07) is 9.11. The molecule has 0 unspecified atom stereocenters. The van der Waals surface area contributed by atoms with Crippen LogP contribution in [0.4, 0.5) is 5.82 Å². The minimum atomic E-state index is -3.48. The monoisotopic (exact) mass is 326 g/mol. The Morgan fingerprint density at radius 2 is 1.77 bits per heavy atom. The molecule has 1 heterocycles. The van der Waals surface area contributed by atoms with Crippen molar-refractivity contribution in [3.63, 3.8) is 0 Å². The van der Waals surface area contributed by atoms with Crippen LogP contribution in [-0.4, -0.2) is 40.9 Å². The second kappa shape index (κ2) is 6.47. The van der Waals surface area contributed by atoms with E-state index in [1.807, 2.05) is 18.2 Å². The highest BCUT2D eigenvalue weighted by atomic mass is 32.2. The van der Waals surface area contributed by atoms with E-state index in [-0.39, 0.29) is 11.7 Å². The molecule has 0 saturated heterocycles. The highest BCUT2D eigenvalue weighted by Crippen LogP contribution is 2.34. The molecule has 1 aromatic heterocycles. The van der Waals surface area contributed by atoms with E-state index in [0.29, 0.717) is 11.3 Å². The predicted octanol–water partition coefficient (Wildman–Crippen LogP) is 2.03. The number of sulfonamides is 1. The molecule has 2 rings (SSSR count). The minimum Gasteiger partial charge on any atom is -0.433 e. The topological polar surface area (TPSA) is 81.9 Å². The number of hydrogen-bond donors (Lipinski definition) is 0. The number of methoxy groups -OCH3 is 2. The van der Waals surface area contributed by atoms with E-state index < -0.39 is 16.3 Å². The lowest BCUT2D eigenvalue weighted by Crippen LogP contribution is -2.25. The van der Waals surface area contributed by atoms with Crippen molar-refractivity contribution in [1.29, 1.82) is 0 Å². The Labute approximate surface area is 129 Å². The van der Waals surface area contributed by atoms with Gasteiger partial charge in [-0.05, 0) is 0 Å². The van der Waals surface area contributed by atoms with Crippen molar-refractivity contribution in [3.8, 4) is 11.3 Å². The van der Waals surface area contributed by atoms with Crippen LogP contribution in [0.2, 0.25) is 0 Å². The van der Waals surface area contributed by atoms with Gasteiger partial charge >= 0.3 is 0 Å². The Morgan fingerprint density at radius 1 is 1.18 bits per heavy atom. The molecule has 1 aromatic carbocycles. The zero-order valence-corrected chi connectivity index (χ0v) is 13.6. The molecule has 0 bridgehead atoms. The van der Waals surface area contributed by atoms with E-state index in [2.05, 4.69) is 4.98 Å². The Morgan fingerprint density at radius 3 is 2.27 bits per heavy atom. The third-order valence-electron chi connectivity index (χ3n) is 3.09. The van der Waals surface area contributed by atoms with Gasteiger partial charge in [0.25, 0.3) is 5.89 Å². The van der Waals surface area contributed by atoms with E-state index in [9.17, 15) is 8.42 Å². The molecule has 0 fully saturated rings. The van der Waals surface area contributed by atoms with Crippen molar-refractivity contribution < 1.29 is 22.3 Å². The van der Waals surface area contributed by atoms with E-state index in [1.54, 1.807) is 12.1 Å². The first-order valence-electron chi connectivity index (χ1n) is 6.44. The molecule has 0 atom stereocenters. The van der Waals surface area contributed by atoms with Gasteiger partial charge in [0.2, 0.25) is 16.3 Å². The standard InChI is InChI=1S/C14H18N2O5S/c1-16(22(4,17)18)12-11(10-8-6-5-7-9-10)21-13(15-12)14(19-2)20-3/h5-9,14H,1-4H3. The van der Waals surface area contributed by atoms with Gasteiger partial charge in [0.15, 0.2) is 11.6 Å². The second-order valence-corrected chi connectivity index (χ2v) is 6.62. The van der Waals surface area contributed by atoms with Gasteiger partial charge in [0.1, 0.15) is 0 Å². The number of ether oxygens (including phenoxy) is 2. The average molecular weight is 326 g/mol. The maximum absolute atomic E-state index is 11.8. The maximum atomic E-state index is 11.8. The van der Waals surface area contributed by atoms with Crippen molar-refractivity contribution in [2.24, 2.45) is 0 Å². The fourth-order valence-electron chi connectivity index (χ4n) is 1.87. The van der Waals surface area contributed by atoms with E-state index in [1.165, 1.54) is 21.3 Å². The molecule has 0 spiro atoms. The van der Waals surface area contributed by atoms with E-state index in [0.717, 1.165) is 10.6 Å². The molecule has 8 heteroatoms. The number of benzene rings is 1. The van der Waals surface area contributed by atoms with Crippen LogP contribution in [0.5, 0.6) is 0 Å². The summed E-state index contributed by atoms with van der Waals surface area (Å²) in [5, 5.41) is 0. The lowest BCUT2D eigenvalue weighted by atomic mass is 10.2. The lowest BCUT2D eigenvalue weighted by Gasteiger charge is -2.14. The summed E-state index contributed by atoms with van der Waals surface area (Å²) >= 11 is 0. The first kappa shape index (κ1) is 16.5. The minimum absolute atomic E-state index is 0.148. The van der Waals surface area contributed by atoms with Crippen LogP contribution in [0.1, 0.15) is 12.2 Å². The highest BCUT2D eigenvalue weighted by molar-refractivity contribution is 7.92. The molecule has 0 amide bonds. The normalized spacial score (nSPS) is 11.9. The van der Waals surface area contributed by atoms with Gasteiger partial charge in [-0.15, -0.1) is 0 Å². The van der Waals surface area contributed by atoms with Gasteiger partial charge in [0.05, 0.1) is 6.26 Å². The molecule has 0 aliphatic heterocycles. The third-order valence-corrected chi connectivity index (χ3v) is 4.26. The number of rotatable bonds is 6. The average Bonchev–Trinajstić information content (AvgIpc) is 2.92. The Bertz CT molecular complexity index is 723. The summed E-state index contributed by atoms with van der Waals surface area (Å²) in [6.45, 7) is 0.